The molecule has 1 aromatic carbocycles. The maximum absolute atomic E-state index is 13.7. The highest BCUT2D eigenvalue weighted by molar-refractivity contribution is 7.89. The molecule has 1 saturated heterocycles. The third-order valence-electron chi connectivity index (χ3n) is 3.19. The van der Waals surface area contributed by atoms with E-state index in [0.717, 1.165) is 22.5 Å². The van der Waals surface area contributed by atoms with Crippen LogP contribution in [0.5, 0.6) is 0 Å². The van der Waals surface area contributed by atoms with Crippen LogP contribution in [0.15, 0.2) is 23.1 Å². The van der Waals surface area contributed by atoms with Crippen LogP contribution >= 0.6 is 0 Å². The first-order valence-electron chi connectivity index (χ1n) is 5.94. The van der Waals surface area contributed by atoms with E-state index >= 15 is 0 Å². The van der Waals surface area contributed by atoms with Crippen LogP contribution in [0.4, 0.5) is 8.78 Å². The highest BCUT2D eigenvalue weighted by atomic mass is 32.2. The van der Waals surface area contributed by atoms with E-state index < -0.39 is 32.1 Å². The van der Waals surface area contributed by atoms with Crippen LogP contribution in [0.1, 0.15) is 13.8 Å². The largest absolute Gasteiger partial charge is 0.314 e. The SMILES string of the molecule is CC1(C)CNCCN1S(=O)(=O)c1c(F)cccc1F. The number of nitrogens with one attached hydrogen (secondary N) is 1. The molecule has 106 valence electrons. The van der Waals surface area contributed by atoms with Gasteiger partial charge in [0, 0.05) is 25.2 Å². The van der Waals surface area contributed by atoms with Gasteiger partial charge in [0.25, 0.3) is 0 Å². The molecule has 1 aromatic rings. The molecule has 7 heteroatoms. The summed E-state index contributed by atoms with van der Waals surface area (Å²) in [5.41, 5.74) is -0.730. The van der Waals surface area contributed by atoms with E-state index in [1.807, 2.05) is 0 Å². The summed E-state index contributed by atoms with van der Waals surface area (Å²) in [5.74, 6) is -2.12. The summed E-state index contributed by atoms with van der Waals surface area (Å²) in [7, 11) is -4.19. The van der Waals surface area contributed by atoms with Crippen molar-refractivity contribution in [3.05, 3.63) is 29.8 Å². The van der Waals surface area contributed by atoms with Crippen molar-refractivity contribution in [3.63, 3.8) is 0 Å². The van der Waals surface area contributed by atoms with Crippen molar-refractivity contribution in [2.45, 2.75) is 24.3 Å². The molecule has 0 saturated carbocycles. The van der Waals surface area contributed by atoms with Gasteiger partial charge < -0.3 is 5.32 Å². The molecule has 1 N–H and O–H groups in total. The average Bonchev–Trinajstić information content (AvgIpc) is 2.27. The van der Waals surface area contributed by atoms with Gasteiger partial charge in [0.05, 0.1) is 0 Å². The molecule has 0 spiro atoms. The number of benzene rings is 1. The van der Waals surface area contributed by atoms with Crippen LogP contribution in [0.3, 0.4) is 0 Å². The fourth-order valence-corrected chi connectivity index (χ4v) is 4.15. The molecule has 19 heavy (non-hydrogen) atoms. The molecule has 0 aromatic heterocycles. The van der Waals surface area contributed by atoms with Gasteiger partial charge in [0.1, 0.15) is 11.6 Å². The smallest absolute Gasteiger partial charge is 0.249 e. The zero-order valence-electron chi connectivity index (χ0n) is 10.8. The highest BCUT2D eigenvalue weighted by Crippen LogP contribution is 2.28. The van der Waals surface area contributed by atoms with Crippen LogP contribution in [0.2, 0.25) is 0 Å². The van der Waals surface area contributed by atoms with Crippen molar-refractivity contribution in [1.82, 2.24) is 9.62 Å². The van der Waals surface area contributed by atoms with Gasteiger partial charge >= 0.3 is 0 Å². The lowest BCUT2D eigenvalue weighted by Crippen LogP contribution is -2.59. The number of sulfonamides is 1. The van der Waals surface area contributed by atoms with Gasteiger partial charge in [-0.05, 0) is 26.0 Å². The first kappa shape index (κ1) is 14.4. The van der Waals surface area contributed by atoms with Gasteiger partial charge in [-0.15, -0.1) is 0 Å². The number of nitrogens with zero attached hydrogens (tertiary/aromatic N) is 1. The Morgan fingerprint density at radius 3 is 2.37 bits per heavy atom. The van der Waals surface area contributed by atoms with Gasteiger partial charge in [-0.1, -0.05) is 6.07 Å². The summed E-state index contributed by atoms with van der Waals surface area (Å²) in [4.78, 5) is -0.870. The third kappa shape index (κ3) is 2.50. The monoisotopic (exact) mass is 290 g/mol. The maximum atomic E-state index is 13.7. The summed E-state index contributed by atoms with van der Waals surface area (Å²) in [6.07, 6.45) is 0. The normalized spacial score (nSPS) is 20.4. The first-order valence-corrected chi connectivity index (χ1v) is 7.38. The third-order valence-corrected chi connectivity index (χ3v) is 5.35. The number of rotatable bonds is 2. The molecule has 2 rings (SSSR count). The quantitative estimate of drug-likeness (QED) is 0.894. The van der Waals surface area contributed by atoms with Crippen LogP contribution in [-0.2, 0) is 10.0 Å². The first-order chi connectivity index (χ1) is 8.77. The van der Waals surface area contributed by atoms with E-state index in [9.17, 15) is 17.2 Å². The predicted octanol–water partition coefficient (Wildman–Crippen LogP) is 1.34. The molecule has 4 nitrogen and oxygen atoms in total. The van der Waals surface area contributed by atoms with Crippen molar-refractivity contribution in [3.8, 4) is 0 Å². The van der Waals surface area contributed by atoms with Crippen molar-refractivity contribution in [2.75, 3.05) is 19.6 Å². The van der Waals surface area contributed by atoms with Crippen molar-refractivity contribution < 1.29 is 17.2 Å². The van der Waals surface area contributed by atoms with Gasteiger partial charge in [-0.2, -0.15) is 4.31 Å². The van der Waals surface area contributed by atoms with E-state index in [0.29, 0.717) is 13.1 Å². The predicted molar refractivity (Wildman–Crippen MR) is 67.2 cm³/mol. The Hall–Kier alpha value is -1.05. The molecule has 0 bridgehead atoms. The number of halogens is 2. The van der Waals surface area contributed by atoms with Crippen LogP contribution in [0.25, 0.3) is 0 Å². The van der Waals surface area contributed by atoms with E-state index in [-0.39, 0.29) is 6.54 Å². The van der Waals surface area contributed by atoms with E-state index in [1.54, 1.807) is 13.8 Å². The van der Waals surface area contributed by atoms with Crippen LogP contribution in [0, 0.1) is 11.6 Å². The Morgan fingerprint density at radius 2 is 1.84 bits per heavy atom. The highest BCUT2D eigenvalue weighted by Gasteiger charge is 2.41. The van der Waals surface area contributed by atoms with E-state index in [4.69, 9.17) is 0 Å². The second kappa shape index (κ2) is 4.81. The number of hydrogen-bond acceptors (Lipinski definition) is 3. The molecule has 0 amide bonds. The summed E-state index contributed by atoms with van der Waals surface area (Å²) < 4.78 is 53.5. The summed E-state index contributed by atoms with van der Waals surface area (Å²) in [5, 5.41) is 3.06. The molecule has 0 radical (unpaired) electrons. The van der Waals surface area contributed by atoms with Crippen molar-refractivity contribution in [1.29, 1.82) is 0 Å². The fourth-order valence-electron chi connectivity index (χ4n) is 2.25. The van der Waals surface area contributed by atoms with Gasteiger partial charge in [0.15, 0.2) is 4.90 Å². The number of hydrogen-bond donors (Lipinski definition) is 1. The maximum Gasteiger partial charge on any atom is 0.249 e. The zero-order chi connectivity index (χ0) is 14.3. The second-order valence-electron chi connectivity index (χ2n) is 5.12. The summed E-state index contributed by atoms with van der Waals surface area (Å²) in [6.45, 7) is 4.51. The summed E-state index contributed by atoms with van der Waals surface area (Å²) >= 11 is 0. The molecule has 1 fully saturated rings. The topological polar surface area (TPSA) is 49.4 Å². The lowest BCUT2D eigenvalue weighted by atomic mass is 10.0. The van der Waals surface area contributed by atoms with E-state index in [1.165, 1.54) is 0 Å². The molecule has 0 aliphatic carbocycles. The Balaban J connectivity index is 2.54. The second-order valence-corrected chi connectivity index (χ2v) is 6.92. The minimum Gasteiger partial charge on any atom is -0.314 e. The fraction of sp³-hybridized carbons (Fsp3) is 0.500. The van der Waals surface area contributed by atoms with Crippen LogP contribution in [-0.4, -0.2) is 37.9 Å². The lowest BCUT2D eigenvalue weighted by Gasteiger charge is -2.41. The average molecular weight is 290 g/mol. The molecule has 1 aliphatic rings. The van der Waals surface area contributed by atoms with Gasteiger partial charge in [-0.3, -0.25) is 0 Å². The molecular formula is C12H16F2N2O2S. The minimum absolute atomic E-state index is 0.184. The Labute approximate surface area is 111 Å². The zero-order valence-corrected chi connectivity index (χ0v) is 11.6. The van der Waals surface area contributed by atoms with Crippen LogP contribution < -0.4 is 5.32 Å². The van der Waals surface area contributed by atoms with Crippen molar-refractivity contribution >= 4 is 10.0 Å². The van der Waals surface area contributed by atoms with Gasteiger partial charge in [0.2, 0.25) is 10.0 Å². The minimum atomic E-state index is -4.19. The molecular weight excluding hydrogens is 274 g/mol. The van der Waals surface area contributed by atoms with Gasteiger partial charge in [-0.25, -0.2) is 17.2 Å². The number of piperazine rings is 1. The standard InChI is InChI=1S/C12H16F2N2O2S/c1-12(2)8-15-6-7-16(12)19(17,18)11-9(13)4-3-5-10(11)14/h3-5,15H,6-8H2,1-2H3. The Morgan fingerprint density at radius 1 is 1.26 bits per heavy atom. The lowest BCUT2D eigenvalue weighted by molar-refractivity contribution is 0.185. The Kier molecular flexibility index (Phi) is 3.63. The molecule has 1 aliphatic heterocycles. The molecule has 1 heterocycles. The van der Waals surface area contributed by atoms with Crippen molar-refractivity contribution in [2.24, 2.45) is 0 Å². The molecule has 0 atom stereocenters. The summed E-state index contributed by atoms with van der Waals surface area (Å²) in [6, 6.07) is 3.04. The Bertz CT molecular complexity index is 567. The van der Waals surface area contributed by atoms with E-state index in [2.05, 4.69) is 5.32 Å². The molecule has 0 unspecified atom stereocenters.